The highest BCUT2D eigenvalue weighted by Gasteiger charge is 2.27. The molecule has 0 saturated carbocycles. The molecule has 2 aromatic rings. The van der Waals surface area contributed by atoms with Gasteiger partial charge in [0.05, 0.1) is 6.61 Å². The molecule has 0 aliphatic carbocycles. The van der Waals surface area contributed by atoms with Gasteiger partial charge in [-0.1, -0.05) is 54.4 Å². The fourth-order valence-corrected chi connectivity index (χ4v) is 3.42. The van der Waals surface area contributed by atoms with Gasteiger partial charge in [-0.3, -0.25) is 9.59 Å². The van der Waals surface area contributed by atoms with Crippen LogP contribution < -0.4 is 10.1 Å². The summed E-state index contributed by atoms with van der Waals surface area (Å²) in [5.74, 6) is 0.448. The van der Waals surface area contributed by atoms with E-state index in [1.165, 1.54) is 0 Å². The Balaban J connectivity index is 2.05. The van der Waals surface area contributed by atoms with E-state index in [9.17, 15) is 9.59 Å². The van der Waals surface area contributed by atoms with Crippen LogP contribution in [0.1, 0.15) is 45.6 Å². The lowest BCUT2D eigenvalue weighted by atomic mass is 10.1. The van der Waals surface area contributed by atoms with E-state index in [2.05, 4.69) is 5.32 Å². The Kier molecular flexibility index (Phi) is 10.2. The molecular formula is C24H30Cl2N2O3. The maximum Gasteiger partial charge on any atom is 0.242 e. The SMILES string of the molecule is CC[C@@H](C)NC(=O)[C@H](C)N(Cc1ccc(Cl)cc1Cl)C(=O)CCCOc1ccccc1. The van der Waals surface area contributed by atoms with Gasteiger partial charge in [-0.25, -0.2) is 0 Å². The summed E-state index contributed by atoms with van der Waals surface area (Å²) in [7, 11) is 0. The van der Waals surface area contributed by atoms with Crippen LogP contribution in [0.5, 0.6) is 5.75 Å². The molecule has 0 bridgehead atoms. The minimum absolute atomic E-state index is 0.0327. The van der Waals surface area contributed by atoms with Crippen LogP contribution >= 0.6 is 23.2 Å². The summed E-state index contributed by atoms with van der Waals surface area (Å²) in [6.07, 6.45) is 1.61. The summed E-state index contributed by atoms with van der Waals surface area (Å²) in [6, 6.07) is 14.0. The molecule has 0 fully saturated rings. The summed E-state index contributed by atoms with van der Waals surface area (Å²) in [6.45, 7) is 6.31. The number of para-hydroxylation sites is 1. The molecule has 0 heterocycles. The minimum atomic E-state index is -0.636. The maximum atomic E-state index is 13.1. The van der Waals surface area contributed by atoms with Crippen LogP contribution in [-0.2, 0) is 16.1 Å². The number of hydrogen-bond donors (Lipinski definition) is 1. The molecule has 0 aliphatic rings. The van der Waals surface area contributed by atoms with Gasteiger partial charge in [-0.05, 0) is 56.5 Å². The van der Waals surface area contributed by atoms with Crippen molar-refractivity contribution in [2.45, 2.75) is 58.7 Å². The topological polar surface area (TPSA) is 58.6 Å². The van der Waals surface area contributed by atoms with Crippen molar-refractivity contribution in [1.82, 2.24) is 10.2 Å². The number of ether oxygens (including phenoxy) is 1. The fraction of sp³-hybridized carbons (Fsp3) is 0.417. The Morgan fingerprint density at radius 3 is 2.45 bits per heavy atom. The molecule has 0 radical (unpaired) electrons. The van der Waals surface area contributed by atoms with Crippen LogP contribution in [0.15, 0.2) is 48.5 Å². The number of amides is 2. The molecule has 5 nitrogen and oxygen atoms in total. The van der Waals surface area contributed by atoms with Crippen molar-refractivity contribution in [1.29, 1.82) is 0 Å². The molecular weight excluding hydrogens is 435 g/mol. The molecule has 2 atom stereocenters. The van der Waals surface area contributed by atoms with Crippen molar-refractivity contribution in [3.8, 4) is 5.75 Å². The van der Waals surface area contributed by atoms with Crippen LogP contribution in [0.4, 0.5) is 0 Å². The second-order valence-corrected chi connectivity index (χ2v) is 8.36. The van der Waals surface area contributed by atoms with Crippen LogP contribution in [-0.4, -0.2) is 35.4 Å². The summed E-state index contributed by atoms with van der Waals surface area (Å²) in [5.41, 5.74) is 0.739. The highest BCUT2D eigenvalue weighted by Crippen LogP contribution is 2.23. The number of nitrogens with zero attached hydrogens (tertiary/aromatic N) is 1. The van der Waals surface area contributed by atoms with Crippen molar-refractivity contribution in [2.75, 3.05) is 6.61 Å². The predicted molar refractivity (Wildman–Crippen MR) is 126 cm³/mol. The lowest BCUT2D eigenvalue weighted by molar-refractivity contribution is -0.141. The second-order valence-electron chi connectivity index (χ2n) is 7.52. The summed E-state index contributed by atoms with van der Waals surface area (Å²) < 4.78 is 5.68. The molecule has 31 heavy (non-hydrogen) atoms. The van der Waals surface area contributed by atoms with E-state index in [-0.39, 0.29) is 30.8 Å². The van der Waals surface area contributed by atoms with E-state index >= 15 is 0 Å². The Hall–Kier alpha value is -2.24. The van der Waals surface area contributed by atoms with Gasteiger partial charge in [0.25, 0.3) is 0 Å². The van der Waals surface area contributed by atoms with E-state index in [4.69, 9.17) is 27.9 Å². The lowest BCUT2D eigenvalue weighted by Crippen LogP contribution is -2.49. The Morgan fingerprint density at radius 1 is 1.10 bits per heavy atom. The molecule has 168 valence electrons. The molecule has 0 aliphatic heterocycles. The Bertz CT molecular complexity index is 861. The van der Waals surface area contributed by atoms with E-state index in [1.54, 1.807) is 30.0 Å². The predicted octanol–water partition coefficient (Wildman–Crippen LogP) is 5.48. The molecule has 0 aromatic heterocycles. The van der Waals surface area contributed by atoms with Gasteiger partial charge in [0.2, 0.25) is 11.8 Å². The number of halogens is 2. The van der Waals surface area contributed by atoms with E-state index < -0.39 is 6.04 Å². The lowest BCUT2D eigenvalue weighted by Gasteiger charge is -2.30. The van der Waals surface area contributed by atoms with Gasteiger partial charge in [-0.2, -0.15) is 0 Å². The van der Waals surface area contributed by atoms with Crippen LogP contribution in [0.2, 0.25) is 10.0 Å². The average Bonchev–Trinajstić information content (AvgIpc) is 2.76. The molecule has 0 unspecified atom stereocenters. The quantitative estimate of drug-likeness (QED) is 0.447. The van der Waals surface area contributed by atoms with Gasteiger partial charge in [0.15, 0.2) is 0 Å². The first-order valence-electron chi connectivity index (χ1n) is 10.5. The van der Waals surface area contributed by atoms with Gasteiger partial charge in [0.1, 0.15) is 11.8 Å². The number of carbonyl (C=O) groups excluding carboxylic acids is 2. The first-order valence-corrected chi connectivity index (χ1v) is 11.3. The molecule has 2 aromatic carbocycles. The van der Waals surface area contributed by atoms with Gasteiger partial charge >= 0.3 is 0 Å². The zero-order valence-electron chi connectivity index (χ0n) is 18.2. The monoisotopic (exact) mass is 464 g/mol. The number of rotatable bonds is 11. The summed E-state index contributed by atoms with van der Waals surface area (Å²) in [4.78, 5) is 27.3. The molecule has 2 amide bonds. The smallest absolute Gasteiger partial charge is 0.242 e. The average molecular weight is 465 g/mol. The van der Waals surface area contributed by atoms with E-state index in [0.717, 1.165) is 17.7 Å². The molecule has 2 rings (SSSR count). The summed E-state index contributed by atoms with van der Waals surface area (Å²) in [5, 5.41) is 3.94. The Labute approximate surface area is 194 Å². The maximum absolute atomic E-state index is 13.1. The van der Waals surface area contributed by atoms with Gasteiger partial charge in [0, 0.05) is 29.1 Å². The van der Waals surface area contributed by atoms with E-state index in [1.807, 2.05) is 44.2 Å². The highest BCUT2D eigenvalue weighted by molar-refractivity contribution is 6.35. The fourth-order valence-electron chi connectivity index (χ4n) is 2.96. The number of carbonyl (C=O) groups is 2. The third kappa shape index (κ3) is 8.08. The Morgan fingerprint density at radius 2 is 1.81 bits per heavy atom. The third-order valence-electron chi connectivity index (χ3n) is 5.07. The van der Waals surface area contributed by atoms with Gasteiger partial charge < -0.3 is 15.0 Å². The zero-order valence-corrected chi connectivity index (χ0v) is 19.7. The van der Waals surface area contributed by atoms with Crippen LogP contribution in [0.3, 0.4) is 0 Å². The number of benzene rings is 2. The minimum Gasteiger partial charge on any atom is -0.494 e. The van der Waals surface area contributed by atoms with Crippen molar-refractivity contribution in [3.05, 3.63) is 64.1 Å². The molecule has 0 saturated heterocycles. The molecule has 0 spiro atoms. The van der Waals surface area contributed by atoms with Crippen molar-refractivity contribution in [2.24, 2.45) is 0 Å². The molecule has 1 N–H and O–H groups in total. The normalized spacial score (nSPS) is 12.7. The first kappa shape index (κ1) is 25.0. The summed E-state index contributed by atoms with van der Waals surface area (Å²) >= 11 is 12.3. The van der Waals surface area contributed by atoms with E-state index in [0.29, 0.717) is 23.1 Å². The largest absolute Gasteiger partial charge is 0.494 e. The number of hydrogen-bond acceptors (Lipinski definition) is 3. The third-order valence-corrected chi connectivity index (χ3v) is 5.66. The molecule has 7 heteroatoms. The van der Waals surface area contributed by atoms with Crippen molar-refractivity contribution < 1.29 is 14.3 Å². The second kappa shape index (κ2) is 12.6. The standard InChI is InChI=1S/C24H30Cl2N2O3/c1-4-17(2)27-24(30)18(3)28(16-19-12-13-20(25)15-22(19)26)23(29)11-8-14-31-21-9-6-5-7-10-21/h5-7,9-10,12-13,15,17-18H,4,8,11,14,16H2,1-3H3,(H,27,30)/t17-,18+/m1/s1. The van der Waals surface area contributed by atoms with Crippen LogP contribution in [0, 0.1) is 0 Å². The highest BCUT2D eigenvalue weighted by atomic mass is 35.5. The first-order chi connectivity index (χ1) is 14.8. The van der Waals surface area contributed by atoms with Crippen molar-refractivity contribution in [3.63, 3.8) is 0 Å². The van der Waals surface area contributed by atoms with Crippen LogP contribution in [0.25, 0.3) is 0 Å². The number of nitrogens with one attached hydrogen (secondary N) is 1. The zero-order chi connectivity index (χ0) is 22.8. The van der Waals surface area contributed by atoms with Crippen molar-refractivity contribution >= 4 is 35.0 Å². The van der Waals surface area contributed by atoms with Gasteiger partial charge in [-0.15, -0.1) is 0 Å².